The van der Waals surface area contributed by atoms with Gasteiger partial charge in [-0.3, -0.25) is 4.98 Å². The largest absolute Gasteiger partial charge is 0.392 e. The molecule has 1 aliphatic rings. The molecule has 0 saturated heterocycles. The average molecular weight is 219 g/mol. The molecule has 2 nitrogen and oxygen atoms in total. The van der Waals surface area contributed by atoms with E-state index in [9.17, 15) is 5.11 Å². The number of hydrogen-bond acceptors (Lipinski definition) is 2. The normalized spacial score (nSPS) is 28.9. The van der Waals surface area contributed by atoms with E-state index in [1.165, 1.54) is 24.8 Å². The van der Waals surface area contributed by atoms with Crippen LogP contribution in [0.4, 0.5) is 0 Å². The molecule has 0 aliphatic heterocycles. The highest BCUT2D eigenvalue weighted by molar-refractivity contribution is 5.16. The Labute approximate surface area is 97.7 Å². The summed E-state index contributed by atoms with van der Waals surface area (Å²) in [6.45, 7) is 4.38. The van der Waals surface area contributed by atoms with Crippen LogP contribution in [-0.2, 0) is 0 Å². The molecule has 2 rings (SSSR count). The molecule has 16 heavy (non-hydrogen) atoms. The Kier molecular flexibility index (Phi) is 3.59. The topological polar surface area (TPSA) is 33.1 Å². The second-order valence-corrected chi connectivity index (χ2v) is 5.13. The number of nitrogens with zero attached hydrogens (tertiary/aromatic N) is 1. The molecule has 1 aromatic heterocycles. The van der Waals surface area contributed by atoms with Crippen molar-refractivity contribution in [2.75, 3.05) is 0 Å². The third-order valence-corrected chi connectivity index (χ3v) is 4.11. The Hall–Kier alpha value is -0.890. The zero-order valence-electron chi connectivity index (χ0n) is 10.1. The minimum absolute atomic E-state index is 0.208. The molecule has 1 fully saturated rings. The first kappa shape index (κ1) is 11.6. The number of aliphatic hydroxyl groups is 1. The molecule has 1 aliphatic carbocycles. The molecule has 4 unspecified atom stereocenters. The van der Waals surface area contributed by atoms with Crippen LogP contribution in [-0.4, -0.2) is 16.2 Å². The van der Waals surface area contributed by atoms with Gasteiger partial charge in [-0.2, -0.15) is 0 Å². The van der Waals surface area contributed by atoms with Crippen LogP contribution in [0.5, 0.6) is 0 Å². The number of hydrogen-bond donors (Lipinski definition) is 1. The van der Waals surface area contributed by atoms with Crippen LogP contribution in [0.3, 0.4) is 0 Å². The molecular formula is C14H21NO. The summed E-state index contributed by atoms with van der Waals surface area (Å²) in [7, 11) is 0. The highest BCUT2D eigenvalue weighted by atomic mass is 16.3. The molecule has 0 aromatic carbocycles. The van der Waals surface area contributed by atoms with E-state index < -0.39 is 0 Å². The van der Waals surface area contributed by atoms with Gasteiger partial charge in [0.05, 0.1) is 6.10 Å². The molecule has 1 saturated carbocycles. The van der Waals surface area contributed by atoms with Crippen molar-refractivity contribution in [3.63, 3.8) is 0 Å². The number of pyridine rings is 1. The zero-order chi connectivity index (χ0) is 11.5. The summed E-state index contributed by atoms with van der Waals surface area (Å²) in [5, 5.41) is 10.4. The maximum atomic E-state index is 10.4. The standard InChI is InChI=1S/C14H21NO/c1-10-4-3-5-13(10)14(16)11(2)12-6-8-15-9-7-12/h6-11,13-14,16H,3-5H2,1-2H3. The molecular weight excluding hydrogens is 198 g/mol. The van der Waals surface area contributed by atoms with E-state index in [1.54, 1.807) is 12.4 Å². The summed E-state index contributed by atoms with van der Waals surface area (Å²) >= 11 is 0. The van der Waals surface area contributed by atoms with Gasteiger partial charge >= 0.3 is 0 Å². The predicted octanol–water partition coefficient (Wildman–Crippen LogP) is 2.98. The maximum absolute atomic E-state index is 10.4. The first-order valence-electron chi connectivity index (χ1n) is 6.28. The van der Waals surface area contributed by atoms with Gasteiger partial charge in [-0.05, 0) is 36.0 Å². The van der Waals surface area contributed by atoms with E-state index >= 15 is 0 Å². The van der Waals surface area contributed by atoms with E-state index in [0.29, 0.717) is 11.8 Å². The second-order valence-electron chi connectivity index (χ2n) is 5.13. The summed E-state index contributed by atoms with van der Waals surface area (Å²) in [5.74, 6) is 1.36. The minimum atomic E-state index is -0.208. The number of aromatic nitrogens is 1. The van der Waals surface area contributed by atoms with Gasteiger partial charge in [0.15, 0.2) is 0 Å². The van der Waals surface area contributed by atoms with E-state index in [1.807, 2.05) is 12.1 Å². The summed E-state index contributed by atoms with van der Waals surface area (Å²) in [6.07, 6.45) is 7.11. The fraction of sp³-hybridized carbons (Fsp3) is 0.643. The van der Waals surface area contributed by atoms with Crippen molar-refractivity contribution in [3.05, 3.63) is 30.1 Å². The van der Waals surface area contributed by atoms with Crippen LogP contribution in [0, 0.1) is 11.8 Å². The van der Waals surface area contributed by atoms with Crippen molar-refractivity contribution in [1.29, 1.82) is 0 Å². The van der Waals surface area contributed by atoms with Gasteiger partial charge in [-0.25, -0.2) is 0 Å². The lowest BCUT2D eigenvalue weighted by Crippen LogP contribution is -2.27. The van der Waals surface area contributed by atoms with Crippen LogP contribution in [0.2, 0.25) is 0 Å². The molecule has 2 heteroatoms. The summed E-state index contributed by atoms with van der Waals surface area (Å²) < 4.78 is 0. The summed E-state index contributed by atoms with van der Waals surface area (Å²) in [4.78, 5) is 4.02. The number of aliphatic hydroxyl groups excluding tert-OH is 1. The van der Waals surface area contributed by atoms with Crippen molar-refractivity contribution in [2.45, 2.75) is 45.1 Å². The van der Waals surface area contributed by atoms with Gasteiger partial charge in [-0.1, -0.05) is 26.7 Å². The Morgan fingerprint density at radius 2 is 2.00 bits per heavy atom. The van der Waals surface area contributed by atoms with Gasteiger partial charge in [0.1, 0.15) is 0 Å². The Bertz CT molecular complexity index is 325. The second kappa shape index (κ2) is 4.96. The Morgan fingerprint density at radius 3 is 2.56 bits per heavy atom. The van der Waals surface area contributed by atoms with Crippen LogP contribution < -0.4 is 0 Å². The third-order valence-electron chi connectivity index (χ3n) is 4.11. The highest BCUT2D eigenvalue weighted by Gasteiger charge is 2.33. The van der Waals surface area contributed by atoms with Gasteiger partial charge in [-0.15, -0.1) is 0 Å². The molecule has 1 N–H and O–H groups in total. The summed E-state index contributed by atoms with van der Waals surface area (Å²) in [6, 6.07) is 4.01. The fourth-order valence-electron chi connectivity index (χ4n) is 2.92. The summed E-state index contributed by atoms with van der Waals surface area (Å²) in [5.41, 5.74) is 1.20. The van der Waals surface area contributed by atoms with Gasteiger partial charge in [0.25, 0.3) is 0 Å². The lowest BCUT2D eigenvalue weighted by molar-refractivity contribution is 0.0693. The van der Waals surface area contributed by atoms with E-state index in [2.05, 4.69) is 18.8 Å². The smallest absolute Gasteiger partial charge is 0.0636 e. The van der Waals surface area contributed by atoms with Gasteiger partial charge in [0, 0.05) is 18.3 Å². The van der Waals surface area contributed by atoms with E-state index in [-0.39, 0.29) is 12.0 Å². The van der Waals surface area contributed by atoms with Crippen molar-refractivity contribution in [3.8, 4) is 0 Å². The van der Waals surface area contributed by atoms with Crippen molar-refractivity contribution in [2.24, 2.45) is 11.8 Å². The molecule has 88 valence electrons. The van der Waals surface area contributed by atoms with Crippen molar-refractivity contribution in [1.82, 2.24) is 4.98 Å². The zero-order valence-corrected chi connectivity index (χ0v) is 10.1. The number of rotatable bonds is 3. The maximum Gasteiger partial charge on any atom is 0.0636 e. The first-order chi connectivity index (χ1) is 7.70. The molecule has 4 atom stereocenters. The Morgan fingerprint density at radius 1 is 1.31 bits per heavy atom. The third kappa shape index (κ3) is 2.27. The predicted molar refractivity (Wildman–Crippen MR) is 65.2 cm³/mol. The minimum Gasteiger partial charge on any atom is -0.392 e. The van der Waals surface area contributed by atoms with Gasteiger partial charge < -0.3 is 5.11 Å². The van der Waals surface area contributed by atoms with Crippen LogP contribution in [0.1, 0.15) is 44.6 Å². The molecule has 1 aromatic rings. The van der Waals surface area contributed by atoms with Crippen LogP contribution >= 0.6 is 0 Å². The van der Waals surface area contributed by atoms with E-state index in [0.717, 1.165) is 0 Å². The van der Waals surface area contributed by atoms with E-state index in [4.69, 9.17) is 0 Å². The quantitative estimate of drug-likeness (QED) is 0.847. The Balaban J connectivity index is 2.07. The van der Waals surface area contributed by atoms with Gasteiger partial charge in [0.2, 0.25) is 0 Å². The molecule has 0 radical (unpaired) electrons. The monoisotopic (exact) mass is 219 g/mol. The van der Waals surface area contributed by atoms with Crippen LogP contribution in [0.15, 0.2) is 24.5 Å². The molecule has 0 bridgehead atoms. The average Bonchev–Trinajstić information content (AvgIpc) is 2.75. The lowest BCUT2D eigenvalue weighted by atomic mass is 9.82. The SMILES string of the molecule is CC1CCCC1C(O)C(C)c1ccncc1. The molecule has 0 spiro atoms. The molecule has 0 amide bonds. The van der Waals surface area contributed by atoms with Crippen molar-refractivity contribution < 1.29 is 5.11 Å². The highest BCUT2D eigenvalue weighted by Crippen LogP contribution is 2.38. The van der Waals surface area contributed by atoms with Crippen molar-refractivity contribution >= 4 is 0 Å². The lowest BCUT2D eigenvalue weighted by Gasteiger charge is -2.27. The molecule has 1 heterocycles. The fourth-order valence-corrected chi connectivity index (χ4v) is 2.92. The van der Waals surface area contributed by atoms with Crippen LogP contribution in [0.25, 0.3) is 0 Å². The first-order valence-corrected chi connectivity index (χ1v) is 6.28.